The third-order valence-corrected chi connectivity index (χ3v) is 3.40. The van der Waals surface area contributed by atoms with Crippen molar-refractivity contribution in [2.75, 3.05) is 13.1 Å². The highest BCUT2D eigenvalue weighted by molar-refractivity contribution is 6.28. The van der Waals surface area contributed by atoms with Gasteiger partial charge in [0.1, 0.15) is 5.57 Å². The minimum absolute atomic E-state index is 0.00970. The number of hydrogen-bond donors (Lipinski definition) is 0. The summed E-state index contributed by atoms with van der Waals surface area (Å²) in [5.74, 6) is -1.08. The van der Waals surface area contributed by atoms with E-state index in [2.05, 4.69) is 0 Å². The van der Waals surface area contributed by atoms with Gasteiger partial charge in [-0.05, 0) is 25.5 Å². The van der Waals surface area contributed by atoms with Gasteiger partial charge in [0, 0.05) is 13.1 Å². The lowest BCUT2D eigenvalue weighted by Gasteiger charge is -2.32. The molecule has 0 radical (unpaired) electrons. The van der Waals surface area contributed by atoms with Crippen molar-refractivity contribution in [3.05, 3.63) is 53.6 Å². The molecule has 1 aromatic carbocycles. The number of barbiturate groups is 1. The SMILES string of the molecule is CCN1C(=O)C(=C/C=C/c2ccccc2)C(=O)N(CC)C1=O. The molecule has 0 aromatic heterocycles. The number of imide groups is 2. The maximum absolute atomic E-state index is 12.2. The Hall–Kier alpha value is -2.69. The summed E-state index contributed by atoms with van der Waals surface area (Å²) in [6, 6.07) is 9.00. The van der Waals surface area contributed by atoms with Gasteiger partial charge in [-0.3, -0.25) is 19.4 Å². The summed E-state index contributed by atoms with van der Waals surface area (Å²) in [5, 5.41) is 0. The van der Waals surface area contributed by atoms with Gasteiger partial charge in [0.2, 0.25) is 0 Å². The van der Waals surface area contributed by atoms with Gasteiger partial charge in [0.25, 0.3) is 11.8 Å². The molecule has 1 aliphatic rings. The van der Waals surface area contributed by atoms with E-state index in [1.54, 1.807) is 26.0 Å². The summed E-state index contributed by atoms with van der Waals surface area (Å²) in [6.07, 6.45) is 4.92. The predicted octanol–water partition coefficient (Wildman–Crippen LogP) is 2.46. The molecule has 0 aliphatic carbocycles. The van der Waals surface area contributed by atoms with E-state index < -0.39 is 17.8 Å². The van der Waals surface area contributed by atoms with Crippen molar-refractivity contribution in [1.29, 1.82) is 0 Å². The minimum atomic E-state index is -0.552. The van der Waals surface area contributed by atoms with Crippen molar-refractivity contribution in [1.82, 2.24) is 9.80 Å². The predicted molar refractivity (Wildman–Crippen MR) is 83.7 cm³/mol. The number of amides is 4. The topological polar surface area (TPSA) is 57.7 Å². The average Bonchev–Trinajstić information content (AvgIpc) is 2.52. The van der Waals surface area contributed by atoms with E-state index in [-0.39, 0.29) is 18.7 Å². The van der Waals surface area contributed by atoms with E-state index in [1.807, 2.05) is 30.3 Å². The van der Waals surface area contributed by atoms with Crippen LogP contribution in [0.2, 0.25) is 0 Å². The molecule has 2 rings (SSSR count). The van der Waals surface area contributed by atoms with Crippen LogP contribution in [0.25, 0.3) is 6.08 Å². The van der Waals surface area contributed by atoms with Crippen molar-refractivity contribution < 1.29 is 14.4 Å². The number of urea groups is 1. The first kappa shape index (κ1) is 15.7. The zero-order valence-electron chi connectivity index (χ0n) is 12.7. The lowest BCUT2D eigenvalue weighted by atomic mass is 10.1. The number of hydrogen-bond acceptors (Lipinski definition) is 3. The van der Waals surface area contributed by atoms with Crippen LogP contribution in [0.15, 0.2) is 48.1 Å². The fourth-order valence-corrected chi connectivity index (χ4v) is 2.22. The fraction of sp³-hybridized carbons (Fsp3) is 0.235. The molecule has 0 N–H and O–H groups in total. The average molecular weight is 298 g/mol. The highest BCUT2D eigenvalue weighted by atomic mass is 16.2. The Morgan fingerprint density at radius 1 is 0.909 bits per heavy atom. The zero-order valence-corrected chi connectivity index (χ0v) is 12.7. The number of benzene rings is 1. The lowest BCUT2D eigenvalue weighted by molar-refractivity contribution is -0.135. The molecule has 1 fully saturated rings. The normalized spacial score (nSPS) is 15.9. The Labute approximate surface area is 129 Å². The van der Waals surface area contributed by atoms with Crippen LogP contribution in [0.3, 0.4) is 0 Å². The van der Waals surface area contributed by atoms with Gasteiger partial charge in [-0.15, -0.1) is 0 Å². The van der Waals surface area contributed by atoms with Gasteiger partial charge < -0.3 is 0 Å². The molecule has 5 nitrogen and oxygen atoms in total. The van der Waals surface area contributed by atoms with Crippen molar-refractivity contribution in [3.8, 4) is 0 Å². The Morgan fingerprint density at radius 2 is 1.45 bits per heavy atom. The summed E-state index contributed by atoms with van der Waals surface area (Å²) in [7, 11) is 0. The highest BCUT2D eigenvalue weighted by Crippen LogP contribution is 2.17. The van der Waals surface area contributed by atoms with E-state index in [9.17, 15) is 14.4 Å². The molecule has 0 atom stereocenters. The second kappa shape index (κ2) is 6.85. The van der Waals surface area contributed by atoms with Crippen LogP contribution in [0.1, 0.15) is 19.4 Å². The second-order valence-electron chi connectivity index (χ2n) is 4.73. The number of nitrogens with zero attached hydrogens (tertiary/aromatic N) is 2. The van der Waals surface area contributed by atoms with Crippen LogP contribution in [0.5, 0.6) is 0 Å². The number of carbonyl (C=O) groups excluding carboxylic acids is 3. The van der Waals surface area contributed by atoms with E-state index >= 15 is 0 Å². The smallest absolute Gasteiger partial charge is 0.268 e. The summed E-state index contributed by atoms with van der Waals surface area (Å²) < 4.78 is 0. The van der Waals surface area contributed by atoms with Crippen LogP contribution in [0.4, 0.5) is 4.79 Å². The van der Waals surface area contributed by atoms with Crippen LogP contribution >= 0.6 is 0 Å². The Bertz CT molecular complexity index is 619. The Balaban J connectivity index is 2.29. The van der Waals surface area contributed by atoms with E-state index in [1.165, 1.54) is 6.08 Å². The number of likely N-dealkylation sites (N-methyl/N-ethyl adjacent to an activating group) is 2. The molecule has 0 saturated carbocycles. The molecule has 114 valence electrons. The van der Waals surface area contributed by atoms with E-state index in [0.29, 0.717) is 0 Å². The molecule has 0 unspecified atom stereocenters. The van der Waals surface area contributed by atoms with Crippen LogP contribution in [0, 0.1) is 0 Å². The van der Waals surface area contributed by atoms with Crippen molar-refractivity contribution >= 4 is 23.9 Å². The molecule has 4 amide bonds. The van der Waals surface area contributed by atoms with Crippen LogP contribution < -0.4 is 0 Å². The summed E-state index contributed by atoms with van der Waals surface area (Å²) in [4.78, 5) is 38.6. The van der Waals surface area contributed by atoms with Crippen molar-refractivity contribution in [3.63, 3.8) is 0 Å². The lowest BCUT2D eigenvalue weighted by Crippen LogP contribution is -2.56. The summed E-state index contributed by atoms with van der Waals surface area (Å²) in [5.41, 5.74) is 0.973. The van der Waals surface area contributed by atoms with Crippen molar-refractivity contribution in [2.45, 2.75) is 13.8 Å². The quantitative estimate of drug-likeness (QED) is 0.634. The Morgan fingerprint density at radius 3 is 1.95 bits per heavy atom. The molecular formula is C17H18N2O3. The third kappa shape index (κ3) is 2.98. The van der Waals surface area contributed by atoms with Gasteiger partial charge >= 0.3 is 6.03 Å². The first-order valence-corrected chi connectivity index (χ1v) is 7.21. The molecule has 1 aromatic rings. The molecule has 5 heteroatoms. The van der Waals surface area contributed by atoms with E-state index in [0.717, 1.165) is 15.4 Å². The van der Waals surface area contributed by atoms with Crippen LogP contribution in [-0.2, 0) is 9.59 Å². The molecule has 1 heterocycles. The number of carbonyl (C=O) groups is 3. The first-order chi connectivity index (χ1) is 10.6. The molecule has 22 heavy (non-hydrogen) atoms. The van der Waals surface area contributed by atoms with Gasteiger partial charge in [0.05, 0.1) is 0 Å². The third-order valence-electron chi connectivity index (χ3n) is 3.40. The molecule has 1 saturated heterocycles. The fourth-order valence-electron chi connectivity index (χ4n) is 2.22. The minimum Gasteiger partial charge on any atom is -0.268 e. The number of allylic oxidation sites excluding steroid dienone is 2. The first-order valence-electron chi connectivity index (χ1n) is 7.21. The zero-order chi connectivity index (χ0) is 16.1. The largest absolute Gasteiger partial charge is 0.333 e. The van der Waals surface area contributed by atoms with Crippen LogP contribution in [-0.4, -0.2) is 40.7 Å². The molecular weight excluding hydrogens is 280 g/mol. The van der Waals surface area contributed by atoms with E-state index in [4.69, 9.17) is 0 Å². The summed E-state index contributed by atoms with van der Waals surface area (Å²) >= 11 is 0. The molecule has 1 aliphatic heterocycles. The standard InChI is InChI=1S/C17H18N2O3/c1-3-18-15(20)14(16(21)19(4-2)17(18)22)12-8-11-13-9-6-5-7-10-13/h5-12H,3-4H2,1-2H3/b11-8+. The second-order valence-corrected chi connectivity index (χ2v) is 4.73. The molecule has 0 spiro atoms. The van der Waals surface area contributed by atoms with Gasteiger partial charge in [-0.1, -0.05) is 42.5 Å². The maximum atomic E-state index is 12.2. The van der Waals surface area contributed by atoms with Crippen molar-refractivity contribution in [2.24, 2.45) is 0 Å². The van der Waals surface area contributed by atoms with Gasteiger partial charge in [-0.2, -0.15) is 0 Å². The highest BCUT2D eigenvalue weighted by Gasteiger charge is 2.39. The van der Waals surface area contributed by atoms with Gasteiger partial charge in [-0.25, -0.2) is 4.79 Å². The molecule has 0 bridgehead atoms. The summed E-state index contributed by atoms with van der Waals surface area (Å²) in [6.45, 7) is 3.89. The monoisotopic (exact) mass is 298 g/mol. The van der Waals surface area contributed by atoms with Gasteiger partial charge in [0.15, 0.2) is 0 Å². The number of rotatable bonds is 4. The maximum Gasteiger partial charge on any atom is 0.333 e. The Kier molecular flexibility index (Phi) is 4.88.